The van der Waals surface area contributed by atoms with Gasteiger partial charge in [-0.25, -0.2) is 4.79 Å². The second-order valence-corrected chi connectivity index (χ2v) is 3.32. The van der Waals surface area contributed by atoms with Crippen molar-refractivity contribution in [2.45, 2.75) is 25.4 Å². The lowest BCUT2D eigenvalue weighted by Gasteiger charge is -2.32. The first-order valence-electron chi connectivity index (χ1n) is 4.98. The molecule has 3 atom stereocenters. The normalized spacial score (nSPS) is 32.8. The maximum absolute atomic E-state index is 11.1. The van der Waals surface area contributed by atoms with Crippen molar-refractivity contribution in [3.63, 3.8) is 0 Å². The predicted molar refractivity (Wildman–Crippen MR) is 53.5 cm³/mol. The molecule has 0 bridgehead atoms. The second-order valence-electron chi connectivity index (χ2n) is 3.32. The number of esters is 1. The summed E-state index contributed by atoms with van der Waals surface area (Å²) in [6.07, 6.45) is -2.14. The third kappa shape index (κ3) is 3.02. The van der Waals surface area contributed by atoms with Crippen LogP contribution in [0.15, 0.2) is 11.6 Å². The zero-order valence-electron chi connectivity index (χ0n) is 9.25. The Bertz CT molecular complexity index is 274. The molecule has 1 aliphatic heterocycles. The van der Waals surface area contributed by atoms with Crippen LogP contribution in [0.2, 0.25) is 0 Å². The maximum atomic E-state index is 11.1. The third-order valence-corrected chi connectivity index (χ3v) is 2.22. The summed E-state index contributed by atoms with van der Waals surface area (Å²) in [5.41, 5.74) is 0.277. The molecule has 1 saturated heterocycles. The number of carbonyl (C=O) groups excluding carboxylic acids is 1. The highest BCUT2D eigenvalue weighted by molar-refractivity contribution is 5.83. The maximum Gasteiger partial charge on any atom is 0.330 e. The standard InChI is InChI=1S/C10H16O6/c1-3-15-7(11)4-6-5-16-10(14-2)9(13)8(6)12/h4,8-10,12-13H,3,5H2,1-2H3/b6-4+/t8-,9-,10-/m0/s1. The molecule has 1 aliphatic rings. The predicted octanol–water partition coefficient (Wildman–Crippen LogP) is -0.800. The topological polar surface area (TPSA) is 85.2 Å². The fraction of sp³-hybridized carbons (Fsp3) is 0.700. The van der Waals surface area contributed by atoms with Gasteiger partial charge in [-0.05, 0) is 12.5 Å². The molecule has 0 saturated carbocycles. The average molecular weight is 232 g/mol. The minimum Gasteiger partial charge on any atom is -0.463 e. The van der Waals surface area contributed by atoms with Gasteiger partial charge in [-0.15, -0.1) is 0 Å². The van der Waals surface area contributed by atoms with E-state index in [0.717, 1.165) is 6.08 Å². The van der Waals surface area contributed by atoms with Crippen LogP contribution in [-0.4, -0.2) is 55.0 Å². The summed E-state index contributed by atoms with van der Waals surface area (Å²) in [6, 6.07) is 0. The van der Waals surface area contributed by atoms with Gasteiger partial charge in [0.2, 0.25) is 0 Å². The van der Waals surface area contributed by atoms with Crippen LogP contribution in [0.1, 0.15) is 6.92 Å². The molecule has 92 valence electrons. The molecular formula is C10H16O6. The van der Waals surface area contributed by atoms with Gasteiger partial charge in [-0.3, -0.25) is 0 Å². The van der Waals surface area contributed by atoms with Crippen LogP contribution >= 0.6 is 0 Å². The van der Waals surface area contributed by atoms with E-state index >= 15 is 0 Å². The Morgan fingerprint density at radius 1 is 1.62 bits per heavy atom. The lowest BCUT2D eigenvalue weighted by atomic mass is 10.0. The first kappa shape index (κ1) is 13.1. The van der Waals surface area contributed by atoms with Crippen molar-refractivity contribution >= 4 is 5.97 Å². The van der Waals surface area contributed by atoms with Gasteiger partial charge in [-0.2, -0.15) is 0 Å². The van der Waals surface area contributed by atoms with Crippen molar-refractivity contribution in [1.29, 1.82) is 0 Å². The molecule has 1 rings (SSSR count). The van der Waals surface area contributed by atoms with Crippen LogP contribution in [0.5, 0.6) is 0 Å². The quantitative estimate of drug-likeness (QED) is 0.489. The monoisotopic (exact) mass is 232 g/mol. The molecule has 0 aliphatic carbocycles. The molecule has 6 nitrogen and oxygen atoms in total. The zero-order chi connectivity index (χ0) is 12.1. The van der Waals surface area contributed by atoms with Gasteiger partial charge >= 0.3 is 5.97 Å². The molecule has 0 unspecified atom stereocenters. The number of methoxy groups -OCH3 is 1. The van der Waals surface area contributed by atoms with E-state index in [1.165, 1.54) is 7.11 Å². The number of hydrogen-bond donors (Lipinski definition) is 2. The fourth-order valence-corrected chi connectivity index (χ4v) is 1.40. The Morgan fingerprint density at radius 3 is 2.88 bits per heavy atom. The number of carbonyl (C=O) groups is 1. The molecule has 0 aromatic carbocycles. The molecular weight excluding hydrogens is 216 g/mol. The Morgan fingerprint density at radius 2 is 2.31 bits per heavy atom. The molecule has 0 aromatic heterocycles. The number of hydrogen-bond acceptors (Lipinski definition) is 6. The third-order valence-electron chi connectivity index (χ3n) is 2.22. The fourth-order valence-electron chi connectivity index (χ4n) is 1.40. The number of aliphatic hydroxyl groups is 2. The summed E-state index contributed by atoms with van der Waals surface area (Å²) in [4.78, 5) is 11.1. The van der Waals surface area contributed by atoms with E-state index in [2.05, 4.69) is 4.74 Å². The molecule has 0 aromatic rings. The Hall–Kier alpha value is -0.950. The number of aliphatic hydroxyl groups excluding tert-OH is 2. The van der Waals surface area contributed by atoms with E-state index in [1.54, 1.807) is 6.92 Å². The summed E-state index contributed by atoms with van der Waals surface area (Å²) in [5.74, 6) is -0.566. The molecule has 16 heavy (non-hydrogen) atoms. The van der Waals surface area contributed by atoms with E-state index in [9.17, 15) is 15.0 Å². The summed E-state index contributed by atoms with van der Waals surface area (Å²) in [5, 5.41) is 19.2. The molecule has 1 fully saturated rings. The molecule has 2 N–H and O–H groups in total. The van der Waals surface area contributed by atoms with Gasteiger partial charge in [0, 0.05) is 13.2 Å². The summed E-state index contributed by atoms with van der Waals surface area (Å²) in [7, 11) is 1.36. The van der Waals surface area contributed by atoms with Crippen molar-refractivity contribution in [3.8, 4) is 0 Å². The molecule has 0 spiro atoms. The Balaban J connectivity index is 2.67. The van der Waals surface area contributed by atoms with Crippen molar-refractivity contribution in [1.82, 2.24) is 0 Å². The largest absolute Gasteiger partial charge is 0.463 e. The number of rotatable bonds is 3. The Kier molecular flexibility index (Phi) is 4.88. The van der Waals surface area contributed by atoms with Crippen LogP contribution in [0.3, 0.4) is 0 Å². The molecule has 6 heteroatoms. The van der Waals surface area contributed by atoms with Crippen molar-refractivity contribution in [2.75, 3.05) is 20.3 Å². The van der Waals surface area contributed by atoms with Crippen LogP contribution in [0.4, 0.5) is 0 Å². The summed E-state index contributed by atoms with van der Waals surface area (Å²) >= 11 is 0. The van der Waals surface area contributed by atoms with Gasteiger partial charge in [0.25, 0.3) is 0 Å². The highest BCUT2D eigenvalue weighted by atomic mass is 16.7. The summed E-state index contributed by atoms with van der Waals surface area (Å²) < 4.78 is 14.6. The van der Waals surface area contributed by atoms with Crippen molar-refractivity contribution < 1.29 is 29.2 Å². The van der Waals surface area contributed by atoms with E-state index < -0.39 is 24.5 Å². The van der Waals surface area contributed by atoms with Gasteiger partial charge < -0.3 is 24.4 Å². The van der Waals surface area contributed by atoms with Gasteiger partial charge in [-0.1, -0.05) is 0 Å². The molecule has 0 radical (unpaired) electrons. The average Bonchev–Trinajstić information content (AvgIpc) is 2.25. The Labute approximate surface area is 93.4 Å². The van der Waals surface area contributed by atoms with Gasteiger partial charge in [0.1, 0.15) is 12.2 Å². The zero-order valence-corrected chi connectivity index (χ0v) is 9.25. The van der Waals surface area contributed by atoms with Crippen molar-refractivity contribution in [2.24, 2.45) is 0 Å². The van der Waals surface area contributed by atoms with Crippen LogP contribution in [0, 0.1) is 0 Å². The highest BCUT2D eigenvalue weighted by Crippen LogP contribution is 2.20. The first-order valence-corrected chi connectivity index (χ1v) is 4.98. The van der Waals surface area contributed by atoms with Crippen LogP contribution in [0.25, 0.3) is 0 Å². The lowest BCUT2D eigenvalue weighted by Crippen LogP contribution is -2.47. The minimum atomic E-state index is -1.21. The SMILES string of the molecule is CCOC(=O)/C=C1\CO[C@H](OC)[C@@H](O)[C@H]1O. The molecule has 0 amide bonds. The van der Waals surface area contributed by atoms with Gasteiger partial charge in [0.05, 0.1) is 13.2 Å². The van der Waals surface area contributed by atoms with Crippen LogP contribution in [-0.2, 0) is 19.0 Å². The lowest BCUT2D eigenvalue weighted by molar-refractivity contribution is -0.214. The van der Waals surface area contributed by atoms with E-state index in [-0.39, 0.29) is 18.8 Å². The van der Waals surface area contributed by atoms with Crippen molar-refractivity contribution in [3.05, 3.63) is 11.6 Å². The van der Waals surface area contributed by atoms with Gasteiger partial charge in [0.15, 0.2) is 6.29 Å². The highest BCUT2D eigenvalue weighted by Gasteiger charge is 2.35. The second kappa shape index (κ2) is 5.95. The number of ether oxygens (including phenoxy) is 3. The first-order chi connectivity index (χ1) is 7.60. The molecule has 1 heterocycles. The van der Waals surface area contributed by atoms with E-state index in [0.29, 0.717) is 0 Å². The summed E-state index contributed by atoms with van der Waals surface area (Å²) in [6.45, 7) is 1.96. The van der Waals surface area contributed by atoms with E-state index in [4.69, 9.17) is 9.47 Å². The smallest absolute Gasteiger partial charge is 0.330 e. The van der Waals surface area contributed by atoms with E-state index in [1.807, 2.05) is 0 Å². The minimum absolute atomic E-state index is 0.0234. The van der Waals surface area contributed by atoms with Crippen LogP contribution < -0.4 is 0 Å².